The molecule has 1 fully saturated rings. The van der Waals surface area contributed by atoms with Gasteiger partial charge in [0.05, 0.1) is 0 Å². The Bertz CT molecular complexity index is 1090. The molecule has 33 heavy (non-hydrogen) atoms. The summed E-state index contributed by atoms with van der Waals surface area (Å²) in [5.41, 5.74) is 1.01. The second kappa shape index (κ2) is 8.66. The number of ether oxygens (including phenoxy) is 2. The van der Waals surface area contributed by atoms with E-state index in [1.807, 2.05) is 91.0 Å². The van der Waals surface area contributed by atoms with E-state index >= 15 is 0 Å². The Kier molecular flexibility index (Phi) is 6.04. The number of allylic oxidation sites excluding steroid dienone is 1. The Morgan fingerprint density at radius 1 is 1.00 bits per heavy atom. The SMILES string of the molecule is C=CCC1(C)C(c2ccc(OC)cc2)OP1(NC(=O)OC)(c1ccccc1)c1ccccc1. The number of hydrogen-bond donors (Lipinski definition) is 1. The van der Waals surface area contributed by atoms with Crippen LogP contribution in [-0.4, -0.2) is 25.5 Å². The summed E-state index contributed by atoms with van der Waals surface area (Å²) in [7, 11) is 3.03. The molecule has 172 valence electrons. The summed E-state index contributed by atoms with van der Waals surface area (Å²) < 4.78 is 17.6. The molecule has 0 spiro atoms. The van der Waals surface area contributed by atoms with Crippen molar-refractivity contribution in [1.29, 1.82) is 0 Å². The fraction of sp³-hybridized carbons (Fsp3) is 0.222. The van der Waals surface area contributed by atoms with Crippen LogP contribution < -0.4 is 20.4 Å². The van der Waals surface area contributed by atoms with Crippen LogP contribution in [0.25, 0.3) is 0 Å². The third-order valence-corrected chi connectivity index (χ3v) is 13.0. The van der Waals surface area contributed by atoms with Crippen molar-refractivity contribution >= 4 is 23.7 Å². The average molecular weight is 464 g/mol. The Balaban J connectivity index is 2.03. The van der Waals surface area contributed by atoms with Gasteiger partial charge in [-0.3, -0.25) is 0 Å². The van der Waals surface area contributed by atoms with E-state index in [-0.39, 0.29) is 6.10 Å². The molecular formula is C27H30NO4P. The minimum atomic E-state index is -3.82. The molecule has 1 aliphatic heterocycles. The van der Waals surface area contributed by atoms with Crippen molar-refractivity contribution in [3.8, 4) is 5.75 Å². The molecule has 0 radical (unpaired) electrons. The number of carbonyl (C=O) groups is 1. The molecule has 1 amide bonds. The quantitative estimate of drug-likeness (QED) is 0.372. The fourth-order valence-corrected chi connectivity index (χ4v) is 11.4. The summed E-state index contributed by atoms with van der Waals surface area (Å²) >= 11 is 0. The Labute approximate surface area is 195 Å². The van der Waals surface area contributed by atoms with Crippen molar-refractivity contribution in [2.45, 2.75) is 24.6 Å². The van der Waals surface area contributed by atoms with Crippen LogP contribution in [0.15, 0.2) is 97.6 Å². The molecule has 0 saturated carbocycles. The number of methoxy groups -OCH3 is 2. The molecular weight excluding hydrogens is 433 g/mol. The van der Waals surface area contributed by atoms with E-state index in [0.29, 0.717) is 6.42 Å². The Morgan fingerprint density at radius 2 is 1.55 bits per heavy atom. The van der Waals surface area contributed by atoms with Crippen LogP contribution in [0.1, 0.15) is 25.0 Å². The van der Waals surface area contributed by atoms with Gasteiger partial charge in [0, 0.05) is 0 Å². The summed E-state index contributed by atoms with van der Waals surface area (Å²) in [4.78, 5) is 13.0. The van der Waals surface area contributed by atoms with Crippen LogP contribution in [-0.2, 0) is 9.26 Å². The number of benzene rings is 3. The molecule has 0 bridgehead atoms. The number of carbonyl (C=O) groups excluding carboxylic acids is 1. The molecule has 6 heteroatoms. The third kappa shape index (κ3) is 3.18. The van der Waals surface area contributed by atoms with Crippen LogP contribution in [0, 0.1) is 0 Å². The van der Waals surface area contributed by atoms with Gasteiger partial charge in [0.2, 0.25) is 0 Å². The Hall–Kier alpha value is -3.14. The van der Waals surface area contributed by atoms with E-state index in [4.69, 9.17) is 14.0 Å². The molecule has 4 rings (SSSR count). The van der Waals surface area contributed by atoms with E-state index < -0.39 is 18.2 Å². The monoisotopic (exact) mass is 463 g/mol. The van der Waals surface area contributed by atoms with Crippen LogP contribution in [0.2, 0.25) is 0 Å². The predicted octanol–water partition coefficient (Wildman–Crippen LogP) is 5.49. The van der Waals surface area contributed by atoms with Gasteiger partial charge in [-0.05, 0) is 0 Å². The van der Waals surface area contributed by atoms with Gasteiger partial charge in [-0.2, -0.15) is 0 Å². The van der Waals surface area contributed by atoms with Gasteiger partial charge in [-0.1, -0.05) is 0 Å². The van der Waals surface area contributed by atoms with Gasteiger partial charge in [0.15, 0.2) is 0 Å². The zero-order valence-electron chi connectivity index (χ0n) is 19.2. The number of rotatable bonds is 7. The maximum absolute atomic E-state index is 13.0. The van der Waals surface area contributed by atoms with Gasteiger partial charge in [0.1, 0.15) is 0 Å². The number of amides is 1. The number of hydrogen-bond acceptors (Lipinski definition) is 4. The first-order chi connectivity index (χ1) is 15.9. The van der Waals surface area contributed by atoms with Crippen LogP contribution in [0.4, 0.5) is 4.79 Å². The molecule has 1 N–H and O–H groups in total. The molecule has 1 heterocycles. The molecule has 5 nitrogen and oxygen atoms in total. The summed E-state index contributed by atoms with van der Waals surface area (Å²) in [6.45, 7) is 2.43. The third-order valence-electron chi connectivity index (χ3n) is 6.82. The molecule has 3 aromatic rings. The maximum atomic E-state index is 13.0. The van der Waals surface area contributed by atoms with E-state index in [0.717, 1.165) is 21.9 Å². The topological polar surface area (TPSA) is 56.8 Å². The van der Waals surface area contributed by atoms with Crippen LogP contribution in [0.3, 0.4) is 0 Å². The first-order valence-electron chi connectivity index (χ1n) is 10.9. The molecule has 2 atom stereocenters. The normalized spacial score (nSPS) is 23.7. The predicted molar refractivity (Wildman–Crippen MR) is 135 cm³/mol. The van der Waals surface area contributed by atoms with Gasteiger partial charge in [0.25, 0.3) is 0 Å². The van der Waals surface area contributed by atoms with Gasteiger partial charge < -0.3 is 0 Å². The van der Waals surface area contributed by atoms with E-state index in [1.54, 1.807) is 7.11 Å². The van der Waals surface area contributed by atoms with Crippen LogP contribution in [0.5, 0.6) is 5.75 Å². The van der Waals surface area contributed by atoms with Gasteiger partial charge >= 0.3 is 195 Å². The van der Waals surface area contributed by atoms with E-state index in [1.165, 1.54) is 7.11 Å². The van der Waals surface area contributed by atoms with Crippen molar-refractivity contribution in [3.05, 3.63) is 103 Å². The van der Waals surface area contributed by atoms with Crippen molar-refractivity contribution < 1.29 is 18.8 Å². The van der Waals surface area contributed by atoms with Gasteiger partial charge in [-0.25, -0.2) is 0 Å². The molecule has 2 unspecified atom stereocenters. The molecule has 3 aromatic carbocycles. The molecule has 0 aromatic heterocycles. The van der Waals surface area contributed by atoms with Crippen molar-refractivity contribution in [2.75, 3.05) is 14.2 Å². The zero-order valence-corrected chi connectivity index (χ0v) is 20.1. The fourth-order valence-electron chi connectivity index (χ4n) is 5.18. The summed E-state index contributed by atoms with van der Waals surface area (Å²) in [5, 5.41) is 4.65. The first kappa shape index (κ1) is 23.0. The standard InChI is InChI=1S/C27H30NO4P/c1-5-20-27(2)25(21-16-18-22(30-3)19-17-21)32-33(27,28-26(29)31-4,23-12-8-6-9-13-23)24-14-10-7-11-15-24/h5-19,25H,1,20H2,2-4H3,(H,28,29). The molecule has 0 aliphatic carbocycles. The van der Waals surface area contributed by atoms with Gasteiger partial charge in [-0.15, -0.1) is 0 Å². The van der Waals surface area contributed by atoms with Crippen molar-refractivity contribution in [1.82, 2.24) is 5.09 Å². The summed E-state index contributed by atoms with van der Waals surface area (Å²) in [6.07, 6.45) is 1.72. The van der Waals surface area contributed by atoms with Crippen molar-refractivity contribution in [2.24, 2.45) is 0 Å². The average Bonchev–Trinajstić information content (AvgIpc) is 2.87. The van der Waals surface area contributed by atoms with Crippen LogP contribution >= 0.6 is 6.98 Å². The Morgan fingerprint density at radius 3 is 2.00 bits per heavy atom. The second-order valence-electron chi connectivity index (χ2n) is 8.42. The number of nitrogens with one attached hydrogen (secondary N) is 1. The summed E-state index contributed by atoms with van der Waals surface area (Å²) in [5.74, 6) is 0.778. The summed E-state index contributed by atoms with van der Waals surface area (Å²) in [6, 6.07) is 27.9. The second-order valence-corrected chi connectivity index (χ2v) is 13.0. The molecule has 1 aliphatic rings. The molecule has 1 saturated heterocycles. The minimum absolute atomic E-state index is 0.281. The first-order valence-corrected chi connectivity index (χ1v) is 13.0. The van der Waals surface area contributed by atoms with E-state index in [9.17, 15) is 4.79 Å². The van der Waals surface area contributed by atoms with E-state index in [2.05, 4.69) is 18.6 Å². The van der Waals surface area contributed by atoms with Crippen molar-refractivity contribution in [3.63, 3.8) is 0 Å². The zero-order chi connectivity index (χ0) is 23.6.